The van der Waals surface area contributed by atoms with Crippen LogP contribution in [0.4, 0.5) is 10.1 Å². The second-order valence-corrected chi connectivity index (χ2v) is 4.50. The Bertz CT molecular complexity index is 681. The van der Waals surface area contributed by atoms with Gasteiger partial charge in [0.1, 0.15) is 11.4 Å². The zero-order chi connectivity index (χ0) is 14.7. The predicted octanol–water partition coefficient (Wildman–Crippen LogP) is 2.37. The molecule has 1 N–H and O–H groups in total. The van der Waals surface area contributed by atoms with Gasteiger partial charge in [0.2, 0.25) is 0 Å². The maximum absolute atomic E-state index is 13.6. The fourth-order valence-electron chi connectivity index (χ4n) is 1.37. The third kappa shape index (κ3) is 2.88. The molecule has 0 fully saturated rings. The highest BCUT2D eigenvalue weighted by atomic mass is 32.2. The van der Waals surface area contributed by atoms with Crippen LogP contribution in [0.5, 0.6) is 0 Å². The van der Waals surface area contributed by atoms with E-state index >= 15 is 0 Å². The van der Waals surface area contributed by atoms with E-state index in [0.717, 1.165) is 17.8 Å². The van der Waals surface area contributed by atoms with Crippen molar-refractivity contribution in [2.75, 3.05) is 0 Å². The lowest BCUT2D eigenvalue weighted by molar-refractivity contribution is -0.387. The molecule has 9 heteroatoms. The molecule has 0 saturated heterocycles. The van der Waals surface area contributed by atoms with Crippen molar-refractivity contribution in [2.24, 2.45) is 0 Å². The van der Waals surface area contributed by atoms with E-state index in [9.17, 15) is 19.3 Å². The van der Waals surface area contributed by atoms with Crippen molar-refractivity contribution in [1.29, 1.82) is 0 Å². The molecule has 102 valence electrons. The number of halogens is 1. The van der Waals surface area contributed by atoms with Gasteiger partial charge in [-0.1, -0.05) is 0 Å². The average molecular weight is 295 g/mol. The summed E-state index contributed by atoms with van der Waals surface area (Å²) in [5, 5.41) is 19.9. The first-order valence-corrected chi connectivity index (χ1v) is 5.97. The third-order valence-corrected chi connectivity index (χ3v) is 3.16. The molecule has 0 unspecified atom stereocenters. The number of aromatic nitrogens is 2. The van der Waals surface area contributed by atoms with Gasteiger partial charge in [-0.25, -0.2) is 19.2 Å². The summed E-state index contributed by atoms with van der Waals surface area (Å²) in [5.74, 6) is -2.63. The second-order valence-electron chi connectivity index (χ2n) is 3.50. The van der Waals surface area contributed by atoms with Crippen molar-refractivity contribution < 1.29 is 19.2 Å². The molecule has 1 aromatic carbocycles. The number of benzene rings is 1. The number of hydrogen-bond donors (Lipinski definition) is 1. The monoisotopic (exact) mass is 295 g/mol. The molecule has 0 spiro atoms. The van der Waals surface area contributed by atoms with E-state index in [0.29, 0.717) is 6.07 Å². The number of rotatable bonds is 4. The summed E-state index contributed by atoms with van der Waals surface area (Å²) in [6.45, 7) is 0. The van der Waals surface area contributed by atoms with Crippen molar-refractivity contribution in [3.05, 3.63) is 52.1 Å². The van der Waals surface area contributed by atoms with E-state index in [1.165, 1.54) is 12.4 Å². The number of nitro groups is 1. The van der Waals surface area contributed by atoms with Gasteiger partial charge in [-0.05, 0) is 23.9 Å². The number of carbonyl (C=O) groups is 1. The first kappa shape index (κ1) is 13.9. The molecular formula is C11H6FN3O4S. The van der Waals surface area contributed by atoms with E-state index in [-0.39, 0.29) is 10.1 Å². The number of hydrogen-bond acceptors (Lipinski definition) is 6. The van der Waals surface area contributed by atoms with E-state index in [2.05, 4.69) is 9.97 Å². The Balaban J connectivity index is 2.49. The van der Waals surface area contributed by atoms with Crippen molar-refractivity contribution in [3.63, 3.8) is 0 Å². The van der Waals surface area contributed by atoms with Gasteiger partial charge in [-0.15, -0.1) is 0 Å². The Morgan fingerprint density at radius 3 is 2.55 bits per heavy atom. The molecule has 7 nitrogen and oxygen atoms in total. The molecule has 0 amide bonds. The Morgan fingerprint density at radius 2 is 2.00 bits per heavy atom. The van der Waals surface area contributed by atoms with E-state index in [1.807, 2.05) is 0 Å². The molecule has 0 radical (unpaired) electrons. The van der Waals surface area contributed by atoms with Gasteiger partial charge >= 0.3 is 5.97 Å². The fraction of sp³-hybridized carbons (Fsp3) is 0. The summed E-state index contributed by atoms with van der Waals surface area (Å²) in [4.78, 5) is 28.6. The van der Waals surface area contributed by atoms with Crippen LogP contribution in [0, 0.1) is 15.9 Å². The number of carboxylic acid groups (broad SMARTS) is 1. The molecule has 0 aliphatic heterocycles. The zero-order valence-electron chi connectivity index (χ0n) is 9.69. The number of nitro benzene ring substituents is 1. The molecule has 2 aromatic rings. The zero-order valence-corrected chi connectivity index (χ0v) is 10.5. The third-order valence-electron chi connectivity index (χ3n) is 2.22. The SMILES string of the molecule is O=C(O)c1cc([N+](=O)[O-])c(Sc2ncccn2)cc1F. The van der Waals surface area contributed by atoms with Gasteiger partial charge in [0, 0.05) is 18.5 Å². The summed E-state index contributed by atoms with van der Waals surface area (Å²) >= 11 is 0.780. The summed E-state index contributed by atoms with van der Waals surface area (Å²) in [6, 6.07) is 3.04. The van der Waals surface area contributed by atoms with Gasteiger partial charge < -0.3 is 5.11 Å². The van der Waals surface area contributed by atoms with Crippen LogP contribution in [-0.2, 0) is 0 Å². The normalized spacial score (nSPS) is 10.2. The Kier molecular flexibility index (Phi) is 3.89. The van der Waals surface area contributed by atoms with Gasteiger partial charge in [0.25, 0.3) is 5.69 Å². The van der Waals surface area contributed by atoms with Crippen LogP contribution >= 0.6 is 11.8 Å². The smallest absolute Gasteiger partial charge is 0.338 e. The van der Waals surface area contributed by atoms with E-state index in [4.69, 9.17) is 5.11 Å². The number of carboxylic acids is 1. The second kappa shape index (κ2) is 5.61. The van der Waals surface area contributed by atoms with Crippen LogP contribution in [0.3, 0.4) is 0 Å². The first-order chi connectivity index (χ1) is 9.49. The molecule has 20 heavy (non-hydrogen) atoms. The minimum atomic E-state index is -1.57. The minimum Gasteiger partial charge on any atom is -0.478 e. The lowest BCUT2D eigenvalue weighted by Gasteiger charge is -2.04. The van der Waals surface area contributed by atoms with E-state index in [1.54, 1.807) is 6.07 Å². The Hall–Kier alpha value is -2.55. The number of aromatic carboxylic acids is 1. The lowest BCUT2D eigenvalue weighted by Crippen LogP contribution is -2.03. The van der Waals surface area contributed by atoms with Crippen molar-refractivity contribution in [2.45, 2.75) is 10.1 Å². The first-order valence-electron chi connectivity index (χ1n) is 5.15. The molecule has 2 rings (SSSR count). The van der Waals surface area contributed by atoms with Crippen molar-refractivity contribution in [3.8, 4) is 0 Å². The van der Waals surface area contributed by atoms with Crippen LogP contribution in [0.1, 0.15) is 10.4 Å². The highest BCUT2D eigenvalue weighted by Crippen LogP contribution is 2.34. The highest BCUT2D eigenvalue weighted by molar-refractivity contribution is 7.99. The average Bonchev–Trinajstić information content (AvgIpc) is 2.39. The molecule has 1 aromatic heterocycles. The van der Waals surface area contributed by atoms with E-state index < -0.39 is 28.0 Å². The molecule has 1 heterocycles. The molecular weight excluding hydrogens is 289 g/mol. The van der Waals surface area contributed by atoms with Crippen LogP contribution in [0.25, 0.3) is 0 Å². The Labute approximate surface area is 115 Å². The fourth-order valence-corrected chi connectivity index (χ4v) is 2.19. The maximum atomic E-state index is 13.6. The molecule has 0 aliphatic carbocycles. The standard InChI is InChI=1S/C11H6FN3O4S/c12-7-5-9(20-11-13-2-1-3-14-11)8(15(18)19)4-6(7)10(16)17/h1-5H,(H,16,17). The van der Waals surface area contributed by atoms with Crippen LogP contribution in [0.2, 0.25) is 0 Å². The quantitative estimate of drug-likeness (QED) is 0.524. The molecule has 0 bridgehead atoms. The molecule has 0 saturated carbocycles. The van der Waals surface area contributed by atoms with Crippen molar-refractivity contribution in [1.82, 2.24) is 9.97 Å². The largest absolute Gasteiger partial charge is 0.478 e. The van der Waals surface area contributed by atoms with Gasteiger partial charge in [-0.2, -0.15) is 0 Å². The summed E-state index contributed by atoms with van der Waals surface area (Å²) in [6.07, 6.45) is 2.87. The topological polar surface area (TPSA) is 106 Å². The Morgan fingerprint density at radius 1 is 1.35 bits per heavy atom. The van der Waals surface area contributed by atoms with Crippen LogP contribution in [0.15, 0.2) is 40.6 Å². The van der Waals surface area contributed by atoms with Gasteiger partial charge in [0.15, 0.2) is 5.16 Å². The summed E-state index contributed by atoms with van der Waals surface area (Å²) in [7, 11) is 0. The van der Waals surface area contributed by atoms with Gasteiger partial charge in [-0.3, -0.25) is 10.1 Å². The minimum absolute atomic E-state index is 0.0660. The highest BCUT2D eigenvalue weighted by Gasteiger charge is 2.23. The number of nitrogens with zero attached hydrogens (tertiary/aromatic N) is 3. The van der Waals surface area contributed by atoms with Crippen molar-refractivity contribution >= 4 is 23.4 Å². The van der Waals surface area contributed by atoms with Crippen LogP contribution in [-0.4, -0.2) is 26.0 Å². The maximum Gasteiger partial charge on any atom is 0.338 e. The molecule has 0 aliphatic rings. The van der Waals surface area contributed by atoms with Gasteiger partial charge in [0.05, 0.1) is 9.82 Å². The van der Waals surface area contributed by atoms with Crippen LogP contribution < -0.4 is 0 Å². The summed E-state index contributed by atoms with van der Waals surface area (Å²) in [5.41, 5.74) is -1.27. The lowest BCUT2D eigenvalue weighted by atomic mass is 10.2. The summed E-state index contributed by atoms with van der Waals surface area (Å²) < 4.78 is 13.6. The predicted molar refractivity (Wildman–Crippen MR) is 66.2 cm³/mol. The molecule has 0 atom stereocenters.